The lowest BCUT2D eigenvalue weighted by molar-refractivity contribution is -0.137. The second kappa shape index (κ2) is 8.15. The molecule has 1 aromatic carbocycles. The summed E-state index contributed by atoms with van der Waals surface area (Å²) < 4.78 is 43.8. The largest absolute Gasteiger partial charge is 0.464 e. The third-order valence-corrected chi connectivity index (χ3v) is 6.48. The van der Waals surface area contributed by atoms with E-state index in [9.17, 15) is 18.0 Å². The molecular weight excluding hydrogens is 419 g/mol. The van der Waals surface area contributed by atoms with Crippen LogP contribution in [0.4, 0.5) is 19.0 Å². The number of pyridine rings is 1. The second-order valence-electron chi connectivity index (χ2n) is 8.64. The van der Waals surface area contributed by atoms with Crippen molar-refractivity contribution >= 4 is 22.7 Å². The van der Waals surface area contributed by atoms with E-state index in [1.165, 1.54) is 23.6 Å². The van der Waals surface area contributed by atoms with Crippen LogP contribution in [0.2, 0.25) is 0 Å². The molecule has 3 aromatic rings. The zero-order valence-electron chi connectivity index (χ0n) is 17.5. The molecule has 8 heteroatoms. The van der Waals surface area contributed by atoms with Crippen molar-refractivity contribution in [3.05, 3.63) is 59.0 Å². The van der Waals surface area contributed by atoms with E-state index in [1.54, 1.807) is 6.26 Å². The molecule has 0 spiro atoms. The Balaban J connectivity index is 1.16. The first-order chi connectivity index (χ1) is 15.4. The van der Waals surface area contributed by atoms with Crippen LogP contribution in [0.3, 0.4) is 0 Å². The topological polar surface area (TPSA) is 58.4 Å². The number of hydrogen-bond donors (Lipinski definition) is 1. The van der Waals surface area contributed by atoms with Gasteiger partial charge in [0.1, 0.15) is 11.4 Å². The van der Waals surface area contributed by atoms with Crippen LogP contribution in [0.15, 0.2) is 41.1 Å². The van der Waals surface area contributed by atoms with Gasteiger partial charge in [-0.25, -0.2) is 4.98 Å². The molecule has 5 nitrogen and oxygen atoms in total. The zero-order valence-corrected chi connectivity index (χ0v) is 17.5. The first-order valence-electron chi connectivity index (χ1n) is 11.0. The number of anilines is 1. The number of rotatable bonds is 4. The van der Waals surface area contributed by atoms with Gasteiger partial charge in [0.2, 0.25) is 5.91 Å². The van der Waals surface area contributed by atoms with Crippen LogP contribution < -0.4 is 10.2 Å². The molecule has 168 valence electrons. The molecule has 1 aliphatic heterocycles. The minimum Gasteiger partial charge on any atom is -0.464 e. The minimum atomic E-state index is -4.39. The van der Waals surface area contributed by atoms with Crippen LogP contribution in [0.5, 0.6) is 0 Å². The fourth-order valence-corrected chi connectivity index (χ4v) is 4.73. The summed E-state index contributed by atoms with van der Waals surface area (Å²) in [6.45, 7) is 1.26. The number of aromatic nitrogens is 1. The Morgan fingerprint density at radius 1 is 1.16 bits per heavy atom. The molecule has 1 amide bonds. The number of alkyl halides is 3. The molecule has 3 heterocycles. The lowest BCUT2D eigenvalue weighted by Gasteiger charge is -2.33. The van der Waals surface area contributed by atoms with Gasteiger partial charge in [-0.2, -0.15) is 13.2 Å². The predicted octanol–water partition coefficient (Wildman–Crippen LogP) is 4.66. The van der Waals surface area contributed by atoms with Crippen LogP contribution >= 0.6 is 0 Å². The standard InChI is InChI=1S/C24H24F3N3O2/c25-24(26,27)18-4-5-22(28-13-18)30-8-6-19(7-9-30)29-23(31)12-17-14-32-21-11-16-3-1-2-15(16)10-20(17)21/h4-5,10-11,13-14,19H,1-3,6-9,12H2,(H,29,31). The molecule has 2 aliphatic rings. The highest BCUT2D eigenvalue weighted by atomic mass is 19.4. The van der Waals surface area contributed by atoms with E-state index in [-0.39, 0.29) is 18.4 Å². The maximum absolute atomic E-state index is 12.7. The van der Waals surface area contributed by atoms with Crippen LogP contribution in [0, 0.1) is 0 Å². The van der Waals surface area contributed by atoms with Crippen molar-refractivity contribution in [3.63, 3.8) is 0 Å². The molecule has 5 rings (SSSR count). The number of hydrogen-bond acceptors (Lipinski definition) is 4. The van der Waals surface area contributed by atoms with Gasteiger partial charge < -0.3 is 14.6 Å². The second-order valence-corrected chi connectivity index (χ2v) is 8.64. The molecule has 1 saturated heterocycles. The van der Waals surface area contributed by atoms with Crippen LogP contribution in [-0.2, 0) is 30.2 Å². The summed E-state index contributed by atoms with van der Waals surface area (Å²) in [4.78, 5) is 18.6. The van der Waals surface area contributed by atoms with Crippen molar-refractivity contribution in [3.8, 4) is 0 Å². The maximum atomic E-state index is 12.7. The lowest BCUT2D eigenvalue weighted by atomic mass is 10.0. The van der Waals surface area contributed by atoms with Gasteiger partial charge in [0.15, 0.2) is 0 Å². The maximum Gasteiger partial charge on any atom is 0.417 e. The predicted molar refractivity (Wildman–Crippen MR) is 115 cm³/mol. The van der Waals surface area contributed by atoms with Gasteiger partial charge in [-0.3, -0.25) is 4.79 Å². The van der Waals surface area contributed by atoms with Gasteiger partial charge in [0.05, 0.1) is 18.2 Å². The Morgan fingerprint density at radius 3 is 2.59 bits per heavy atom. The SMILES string of the molecule is O=C(Cc1coc2cc3c(cc12)CCC3)NC1CCN(c2ccc(C(F)(F)F)cn2)CC1. The number of nitrogens with zero attached hydrogens (tertiary/aromatic N) is 2. The Bertz CT molecular complexity index is 1130. The zero-order chi connectivity index (χ0) is 22.3. The fourth-order valence-electron chi connectivity index (χ4n) is 4.73. The van der Waals surface area contributed by atoms with Gasteiger partial charge in [0, 0.05) is 36.3 Å². The molecule has 2 aromatic heterocycles. The van der Waals surface area contributed by atoms with E-state index in [4.69, 9.17) is 4.42 Å². The van der Waals surface area contributed by atoms with Gasteiger partial charge in [0.25, 0.3) is 0 Å². The summed E-state index contributed by atoms with van der Waals surface area (Å²) in [5, 5.41) is 4.12. The number of carbonyl (C=O) groups is 1. The number of nitrogens with one attached hydrogen (secondary N) is 1. The molecule has 1 fully saturated rings. The fraction of sp³-hybridized carbons (Fsp3) is 0.417. The Labute approximate surface area is 183 Å². The van der Waals surface area contributed by atoms with Crippen LogP contribution in [-0.4, -0.2) is 30.0 Å². The smallest absolute Gasteiger partial charge is 0.417 e. The van der Waals surface area contributed by atoms with Crippen LogP contribution in [0.1, 0.15) is 41.5 Å². The summed E-state index contributed by atoms with van der Waals surface area (Å²) in [6.07, 6.45) is 3.19. The average Bonchev–Trinajstić information content (AvgIpc) is 3.38. The number of carbonyl (C=O) groups excluding carboxylic acids is 1. The summed E-state index contributed by atoms with van der Waals surface area (Å²) in [5.74, 6) is 0.486. The Morgan fingerprint density at radius 2 is 1.91 bits per heavy atom. The van der Waals surface area contributed by atoms with E-state index < -0.39 is 11.7 Å². The molecule has 1 aliphatic carbocycles. The van der Waals surface area contributed by atoms with E-state index >= 15 is 0 Å². The van der Waals surface area contributed by atoms with Crippen molar-refractivity contribution < 1.29 is 22.4 Å². The first kappa shape index (κ1) is 20.8. The third-order valence-electron chi connectivity index (χ3n) is 6.48. The number of aryl methyl sites for hydroxylation is 2. The van der Waals surface area contributed by atoms with Crippen LogP contribution in [0.25, 0.3) is 11.0 Å². The molecule has 0 atom stereocenters. The first-order valence-corrected chi connectivity index (χ1v) is 11.0. The number of benzene rings is 1. The summed E-state index contributed by atoms with van der Waals surface area (Å²) in [6, 6.07) is 6.77. The molecule has 1 N–H and O–H groups in total. The van der Waals surface area contributed by atoms with Crippen molar-refractivity contribution in [2.75, 3.05) is 18.0 Å². The summed E-state index contributed by atoms with van der Waals surface area (Å²) in [7, 11) is 0. The van der Waals surface area contributed by atoms with E-state index in [0.717, 1.165) is 41.6 Å². The van der Waals surface area contributed by atoms with E-state index in [0.29, 0.717) is 31.7 Å². The molecule has 0 unspecified atom stereocenters. The van der Waals surface area contributed by atoms with Gasteiger partial charge in [-0.05, 0) is 67.5 Å². The van der Waals surface area contributed by atoms with Crippen molar-refractivity contribution in [1.82, 2.24) is 10.3 Å². The van der Waals surface area contributed by atoms with Gasteiger partial charge in [-0.15, -0.1) is 0 Å². The number of furan rings is 1. The highest BCUT2D eigenvalue weighted by molar-refractivity contribution is 5.88. The number of piperidine rings is 1. The monoisotopic (exact) mass is 443 g/mol. The quantitative estimate of drug-likeness (QED) is 0.637. The van der Waals surface area contributed by atoms with Gasteiger partial charge in [-0.1, -0.05) is 0 Å². The highest BCUT2D eigenvalue weighted by Gasteiger charge is 2.31. The van der Waals surface area contributed by atoms with Crippen molar-refractivity contribution in [2.45, 2.75) is 50.7 Å². The molecule has 0 radical (unpaired) electrons. The Hall–Kier alpha value is -3.03. The lowest BCUT2D eigenvalue weighted by Crippen LogP contribution is -2.45. The van der Waals surface area contributed by atoms with E-state index in [2.05, 4.69) is 22.4 Å². The minimum absolute atomic E-state index is 0.0376. The normalized spacial score (nSPS) is 17.0. The Kier molecular flexibility index (Phi) is 5.31. The van der Waals surface area contributed by atoms with Gasteiger partial charge >= 0.3 is 6.18 Å². The molecule has 0 saturated carbocycles. The summed E-state index contributed by atoms with van der Waals surface area (Å²) in [5.41, 5.74) is 3.69. The number of amides is 1. The number of halogens is 3. The molecule has 0 bridgehead atoms. The third kappa shape index (κ3) is 4.18. The van der Waals surface area contributed by atoms with Crippen molar-refractivity contribution in [1.29, 1.82) is 0 Å². The molecular formula is C24H24F3N3O2. The molecule has 32 heavy (non-hydrogen) atoms. The highest BCUT2D eigenvalue weighted by Crippen LogP contribution is 2.31. The number of fused-ring (bicyclic) bond motifs is 2. The summed E-state index contributed by atoms with van der Waals surface area (Å²) >= 11 is 0. The average molecular weight is 443 g/mol. The van der Waals surface area contributed by atoms with Crippen molar-refractivity contribution in [2.24, 2.45) is 0 Å². The van der Waals surface area contributed by atoms with E-state index in [1.807, 2.05) is 4.90 Å².